The topological polar surface area (TPSA) is 35.8 Å². The molecule has 0 radical (unpaired) electrons. The first-order chi connectivity index (χ1) is 8.58. The maximum absolute atomic E-state index is 13.3. The minimum Gasteiger partial charge on any atom is -0.354 e. The Hall–Kier alpha value is -2.34. The van der Waals surface area contributed by atoms with Gasteiger partial charge >= 0.3 is 0 Å². The average Bonchev–Trinajstić information content (AvgIpc) is 2.30. The van der Waals surface area contributed by atoms with Gasteiger partial charge in [-0.15, -0.1) is 0 Å². The molecule has 18 heavy (non-hydrogen) atoms. The number of rotatable bonds is 2. The van der Waals surface area contributed by atoms with Crippen LogP contribution in [0.15, 0.2) is 36.4 Å². The van der Waals surface area contributed by atoms with Crippen LogP contribution in [0.1, 0.15) is 16.7 Å². The van der Waals surface area contributed by atoms with Crippen LogP contribution in [-0.2, 0) is 0 Å². The van der Waals surface area contributed by atoms with Crippen LogP contribution in [0.2, 0.25) is 0 Å². The van der Waals surface area contributed by atoms with Crippen LogP contribution in [0, 0.1) is 31.0 Å². The van der Waals surface area contributed by atoms with Gasteiger partial charge in [0.15, 0.2) is 0 Å². The van der Waals surface area contributed by atoms with Crippen LogP contribution in [0.4, 0.5) is 15.8 Å². The number of hydrogen-bond donors (Lipinski definition) is 1. The molecule has 0 spiro atoms. The highest BCUT2D eigenvalue weighted by Gasteiger charge is 2.04. The maximum atomic E-state index is 13.3. The first-order valence-electron chi connectivity index (χ1n) is 5.63. The standard InChI is InChI=1S/C15H13FN2/c1-10-3-4-15(12(5-10)9-17)18-14-7-11(2)6-13(16)8-14/h3-8,18H,1-2H3. The summed E-state index contributed by atoms with van der Waals surface area (Å²) in [5.74, 6) is -0.289. The highest BCUT2D eigenvalue weighted by Crippen LogP contribution is 2.23. The molecule has 0 aliphatic heterocycles. The fourth-order valence-electron chi connectivity index (χ4n) is 1.82. The van der Waals surface area contributed by atoms with E-state index in [2.05, 4.69) is 11.4 Å². The van der Waals surface area contributed by atoms with Crippen LogP contribution < -0.4 is 5.32 Å². The Labute approximate surface area is 106 Å². The zero-order valence-electron chi connectivity index (χ0n) is 10.3. The monoisotopic (exact) mass is 240 g/mol. The molecule has 2 aromatic carbocycles. The lowest BCUT2D eigenvalue weighted by molar-refractivity contribution is 0.627. The van der Waals surface area contributed by atoms with Crippen LogP contribution in [0.25, 0.3) is 0 Å². The van der Waals surface area contributed by atoms with Crippen LogP contribution >= 0.6 is 0 Å². The fraction of sp³-hybridized carbons (Fsp3) is 0.133. The number of aryl methyl sites for hydroxylation is 2. The summed E-state index contributed by atoms with van der Waals surface area (Å²) >= 11 is 0. The molecule has 0 amide bonds. The first kappa shape index (κ1) is 12.1. The minimum absolute atomic E-state index is 0.289. The molecular formula is C15H13FN2. The van der Waals surface area contributed by atoms with Crippen molar-refractivity contribution in [3.05, 3.63) is 58.9 Å². The highest BCUT2D eigenvalue weighted by molar-refractivity contribution is 5.67. The summed E-state index contributed by atoms with van der Waals surface area (Å²) in [7, 11) is 0. The van der Waals surface area contributed by atoms with E-state index >= 15 is 0 Å². The van der Waals surface area contributed by atoms with Crippen LogP contribution in [0.3, 0.4) is 0 Å². The van der Waals surface area contributed by atoms with Gasteiger partial charge in [-0.2, -0.15) is 5.26 Å². The van der Waals surface area contributed by atoms with E-state index in [9.17, 15) is 4.39 Å². The normalized spacial score (nSPS) is 9.89. The van der Waals surface area contributed by atoms with Gasteiger partial charge in [-0.1, -0.05) is 6.07 Å². The van der Waals surface area contributed by atoms with E-state index in [1.165, 1.54) is 12.1 Å². The fourth-order valence-corrected chi connectivity index (χ4v) is 1.82. The Bertz CT molecular complexity index is 607. The maximum Gasteiger partial charge on any atom is 0.125 e. The van der Waals surface area contributed by atoms with E-state index in [4.69, 9.17) is 5.26 Å². The van der Waals surface area contributed by atoms with Crippen molar-refractivity contribution in [2.45, 2.75) is 13.8 Å². The zero-order chi connectivity index (χ0) is 13.1. The van der Waals surface area contributed by atoms with Crippen molar-refractivity contribution in [3.63, 3.8) is 0 Å². The number of benzene rings is 2. The molecule has 2 nitrogen and oxygen atoms in total. The number of nitrogens with zero attached hydrogens (tertiary/aromatic N) is 1. The average molecular weight is 240 g/mol. The van der Waals surface area contributed by atoms with Gasteiger partial charge in [0.25, 0.3) is 0 Å². The molecule has 0 fully saturated rings. The Kier molecular flexibility index (Phi) is 3.29. The zero-order valence-corrected chi connectivity index (χ0v) is 10.3. The summed E-state index contributed by atoms with van der Waals surface area (Å²) in [5, 5.41) is 12.1. The lowest BCUT2D eigenvalue weighted by Gasteiger charge is -2.09. The Morgan fingerprint density at radius 3 is 2.50 bits per heavy atom. The molecular weight excluding hydrogens is 227 g/mol. The predicted molar refractivity (Wildman–Crippen MR) is 70.3 cm³/mol. The smallest absolute Gasteiger partial charge is 0.125 e. The van der Waals surface area contributed by atoms with E-state index in [1.807, 2.05) is 32.0 Å². The molecule has 2 rings (SSSR count). The number of halogens is 1. The molecule has 0 aromatic heterocycles. The largest absolute Gasteiger partial charge is 0.354 e. The highest BCUT2D eigenvalue weighted by atomic mass is 19.1. The van der Waals surface area contributed by atoms with Crippen molar-refractivity contribution in [2.75, 3.05) is 5.32 Å². The molecule has 2 aromatic rings. The van der Waals surface area contributed by atoms with Crippen molar-refractivity contribution in [1.29, 1.82) is 5.26 Å². The van der Waals surface area contributed by atoms with Gasteiger partial charge in [-0.05, 0) is 55.3 Å². The Morgan fingerprint density at radius 2 is 1.83 bits per heavy atom. The molecule has 0 aliphatic rings. The van der Waals surface area contributed by atoms with Gasteiger partial charge in [0, 0.05) is 5.69 Å². The predicted octanol–water partition coefficient (Wildman–Crippen LogP) is 4.06. The third-order valence-corrected chi connectivity index (χ3v) is 2.62. The Balaban J connectivity index is 2.37. The van der Waals surface area contributed by atoms with Gasteiger partial charge in [0.05, 0.1) is 11.3 Å². The van der Waals surface area contributed by atoms with Gasteiger partial charge in [0.2, 0.25) is 0 Å². The molecule has 0 atom stereocenters. The van der Waals surface area contributed by atoms with E-state index in [0.717, 1.165) is 11.1 Å². The molecule has 1 N–H and O–H groups in total. The number of anilines is 2. The third-order valence-electron chi connectivity index (χ3n) is 2.62. The second-order valence-electron chi connectivity index (χ2n) is 4.30. The number of nitrogens with one attached hydrogen (secondary N) is 1. The van der Waals surface area contributed by atoms with Gasteiger partial charge < -0.3 is 5.32 Å². The van der Waals surface area contributed by atoms with Crippen molar-refractivity contribution >= 4 is 11.4 Å². The van der Waals surface area contributed by atoms with E-state index in [-0.39, 0.29) is 5.82 Å². The van der Waals surface area contributed by atoms with Crippen molar-refractivity contribution < 1.29 is 4.39 Å². The van der Waals surface area contributed by atoms with Gasteiger partial charge in [-0.25, -0.2) is 4.39 Å². The molecule has 90 valence electrons. The third kappa shape index (κ3) is 2.67. The minimum atomic E-state index is -0.289. The van der Waals surface area contributed by atoms with E-state index in [1.54, 1.807) is 6.07 Å². The number of hydrogen-bond acceptors (Lipinski definition) is 2. The van der Waals surface area contributed by atoms with Crippen LogP contribution in [0.5, 0.6) is 0 Å². The lowest BCUT2D eigenvalue weighted by Crippen LogP contribution is -1.95. The molecule has 0 saturated carbocycles. The number of nitriles is 1. The van der Waals surface area contributed by atoms with E-state index in [0.29, 0.717) is 16.9 Å². The summed E-state index contributed by atoms with van der Waals surface area (Å²) in [5.41, 5.74) is 3.74. The van der Waals surface area contributed by atoms with Crippen LogP contribution in [-0.4, -0.2) is 0 Å². The quantitative estimate of drug-likeness (QED) is 0.859. The molecule has 0 heterocycles. The SMILES string of the molecule is Cc1cc(F)cc(Nc2ccc(C)cc2C#N)c1. The second-order valence-corrected chi connectivity index (χ2v) is 4.30. The first-order valence-corrected chi connectivity index (χ1v) is 5.63. The molecule has 3 heteroatoms. The molecule has 0 aliphatic carbocycles. The van der Waals surface area contributed by atoms with Crippen molar-refractivity contribution in [3.8, 4) is 6.07 Å². The molecule has 0 saturated heterocycles. The van der Waals surface area contributed by atoms with E-state index < -0.39 is 0 Å². The van der Waals surface area contributed by atoms with Crippen molar-refractivity contribution in [2.24, 2.45) is 0 Å². The summed E-state index contributed by atoms with van der Waals surface area (Å²) < 4.78 is 13.3. The molecule has 0 bridgehead atoms. The van der Waals surface area contributed by atoms with Gasteiger partial charge in [0.1, 0.15) is 11.9 Å². The summed E-state index contributed by atoms with van der Waals surface area (Å²) in [4.78, 5) is 0. The summed E-state index contributed by atoms with van der Waals surface area (Å²) in [6, 6.07) is 12.4. The second kappa shape index (κ2) is 4.89. The van der Waals surface area contributed by atoms with Crippen molar-refractivity contribution in [1.82, 2.24) is 0 Å². The summed E-state index contributed by atoms with van der Waals surface area (Å²) in [6.07, 6.45) is 0. The summed E-state index contributed by atoms with van der Waals surface area (Å²) in [6.45, 7) is 3.76. The molecule has 0 unspecified atom stereocenters. The Morgan fingerprint density at radius 1 is 1.06 bits per heavy atom. The lowest BCUT2D eigenvalue weighted by atomic mass is 10.1. The van der Waals surface area contributed by atoms with Gasteiger partial charge in [-0.3, -0.25) is 0 Å².